The SMILES string of the molecule is O=C1C(=O)c2ccccc2C(O)=C1C(c1cccc([N+](=O)[O-])c1)c1c[nH]c2ccccc12. The van der Waals surface area contributed by atoms with E-state index in [-0.39, 0.29) is 28.1 Å². The van der Waals surface area contributed by atoms with Crippen LogP contribution in [0.2, 0.25) is 0 Å². The number of carbonyl (C=O) groups is 2. The summed E-state index contributed by atoms with van der Waals surface area (Å²) in [4.78, 5) is 40.2. The molecule has 4 aromatic rings. The number of para-hydroxylation sites is 1. The van der Waals surface area contributed by atoms with E-state index in [0.717, 1.165) is 10.9 Å². The lowest BCUT2D eigenvalue weighted by atomic mass is 9.76. The number of hydrogen-bond donors (Lipinski definition) is 2. The number of nitro benzene ring substituents is 1. The van der Waals surface area contributed by atoms with E-state index in [1.165, 1.54) is 24.3 Å². The fourth-order valence-corrected chi connectivity index (χ4v) is 4.31. The number of allylic oxidation sites excluding steroid dienone is 1. The fourth-order valence-electron chi connectivity index (χ4n) is 4.31. The van der Waals surface area contributed by atoms with Gasteiger partial charge >= 0.3 is 0 Å². The third kappa shape index (κ3) is 2.91. The summed E-state index contributed by atoms with van der Waals surface area (Å²) in [5.41, 5.74) is 2.00. The Morgan fingerprint density at radius 1 is 0.875 bits per heavy atom. The first-order chi connectivity index (χ1) is 15.5. The Morgan fingerprint density at radius 2 is 1.59 bits per heavy atom. The van der Waals surface area contributed by atoms with Gasteiger partial charge in [0, 0.05) is 46.3 Å². The first kappa shape index (κ1) is 19.4. The van der Waals surface area contributed by atoms with E-state index in [9.17, 15) is 24.8 Å². The zero-order valence-corrected chi connectivity index (χ0v) is 16.6. The minimum absolute atomic E-state index is 0.0982. The van der Waals surface area contributed by atoms with Gasteiger partial charge in [-0.3, -0.25) is 19.7 Å². The summed E-state index contributed by atoms with van der Waals surface area (Å²) in [5, 5.41) is 23.3. The van der Waals surface area contributed by atoms with Crippen molar-refractivity contribution >= 4 is 33.9 Å². The summed E-state index contributed by atoms with van der Waals surface area (Å²) in [6.45, 7) is 0. The molecular formula is C25H16N2O5. The Hall–Kier alpha value is -4.52. The molecule has 7 nitrogen and oxygen atoms in total. The van der Waals surface area contributed by atoms with Crippen LogP contribution in [0.4, 0.5) is 5.69 Å². The number of nitro groups is 1. The van der Waals surface area contributed by atoms with Gasteiger partial charge in [0.25, 0.3) is 5.69 Å². The van der Waals surface area contributed by atoms with Crippen LogP contribution in [0.25, 0.3) is 16.7 Å². The van der Waals surface area contributed by atoms with Crippen molar-refractivity contribution in [3.63, 3.8) is 0 Å². The number of H-pyrrole nitrogens is 1. The number of ketones is 2. The summed E-state index contributed by atoms with van der Waals surface area (Å²) in [6.07, 6.45) is 1.70. The number of nitrogens with zero attached hydrogens (tertiary/aromatic N) is 1. The first-order valence-electron chi connectivity index (χ1n) is 9.89. The van der Waals surface area contributed by atoms with Gasteiger partial charge in [0.15, 0.2) is 0 Å². The number of hydrogen-bond acceptors (Lipinski definition) is 5. The Labute approximate surface area is 181 Å². The Morgan fingerprint density at radius 3 is 2.38 bits per heavy atom. The summed E-state index contributed by atoms with van der Waals surface area (Å²) in [6, 6.07) is 19.7. The number of fused-ring (bicyclic) bond motifs is 2. The Balaban J connectivity index is 1.83. The molecule has 0 fully saturated rings. The molecule has 5 rings (SSSR count). The van der Waals surface area contributed by atoms with Crippen molar-refractivity contribution in [3.05, 3.63) is 117 Å². The van der Waals surface area contributed by atoms with E-state index in [4.69, 9.17) is 0 Å². The van der Waals surface area contributed by atoms with Gasteiger partial charge in [-0.2, -0.15) is 0 Å². The molecule has 0 saturated heterocycles. The summed E-state index contributed by atoms with van der Waals surface area (Å²) in [5.74, 6) is -2.74. The van der Waals surface area contributed by atoms with Crippen LogP contribution in [0.5, 0.6) is 0 Å². The third-order valence-corrected chi connectivity index (χ3v) is 5.77. The number of benzene rings is 3. The van der Waals surface area contributed by atoms with Crippen molar-refractivity contribution in [2.24, 2.45) is 0 Å². The number of aliphatic hydroxyl groups excluding tert-OH is 1. The topological polar surface area (TPSA) is 113 Å². The second-order valence-electron chi connectivity index (χ2n) is 7.54. The predicted molar refractivity (Wildman–Crippen MR) is 119 cm³/mol. The molecule has 3 aromatic carbocycles. The quantitative estimate of drug-likeness (QED) is 0.274. The maximum atomic E-state index is 13.3. The van der Waals surface area contributed by atoms with Crippen LogP contribution in [0, 0.1) is 10.1 Å². The van der Waals surface area contributed by atoms with Gasteiger partial charge in [0.1, 0.15) is 5.76 Å². The van der Waals surface area contributed by atoms with Crippen molar-refractivity contribution in [3.8, 4) is 0 Å². The zero-order valence-electron chi connectivity index (χ0n) is 16.6. The maximum absolute atomic E-state index is 13.3. The average molecular weight is 424 g/mol. The molecule has 1 aromatic heterocycles. The normalized spacial score (nSPS) is 14.5. The van der Waals surface area contributed by atoms with Crippen LogP contribution >= 0.6 is 0 Å². The highest BCUT2D eigenvalue weighted by Gasteiger charge is 2.39. The van der Waals surface area contributed by atoms with Crippen LogP contribution in [0.1, 0.15) is 33.0 Å². The zero-order chi connectivity index (χ0) is 22.4. The second-order valence-corrected chi connectivity index (χ2v) is 7.54. The van der Waals surface area contributed by atoms with E-state index >= 15 is 0 Å². The van der Waals surface area contributed by atoms with Gasteiger partial charge < -0.3 is 10.1 Å². The molecule has 0 spiro atoms. The van der Waals surface area contributed by atoms with Crippen LogP contribution in [-0.2, 0) is 4.79 Å². The Kier molecular flexibility index (Phi) is 4.44. The van der Waals surface area contributed by atoms with Gasteiger partial charge in [-0.15, -0.1) is 0 Å². The van der Waals surface area contributed by atoms with Crippen molar-refractivity contribution in [2.75, 3.05) is 0 Å². The molecule has 156 valence electrons. The molecule has 0 amide bonds. The van der Waals surface area contributed by atoms with Crippen LogP contribution < -0.4 is 0 Å². The predicted octanol–water partition coefficient (Wildman–Crippen LogP) is 4.94. The second kappa shape index (κ2) is 7.31. The molecule has 1 atom stereocenters. The van der Waals surface area contributed by atoms with Gasteiger partial charge in [-0.1, -0.05) is 54.6 Å². The minimum Gasteiger partial charge on any atom is -0.507 e. The highest BCUT2D eigenvalue weighted by Crippen LogP contribution is 2.42. The number of aromatic nitrogens is 1. The van der Waals surface area contributed by atoms with E-state index in [1.807, 2.05) is 24.3 Å². The highest BCUT2D eigenvalue weighted by molar-refractivity contribution is 6.52. The summed E-state index contributed by atoms with van der Waals surface area (Å²) in [7, 11) is 0. The molecule has 0 bridgehead atoms. The van der Waals surface area contributed by atoms with E-state index < -0.39 is 22.4 Å². The lowest BCUT2D eigenvalue weighted by Gasteiger charge is -2.25. The monoisotopic (exact) mass is 424 g/mol. The highest BCUT2D eigenvalue weighted by atomic mass is 16.6. The van der Waals surface area contributed by atoms with E-state index in [0.29, 0.717) is 11.1 Å². The van der Waals surface area contributed by atoms with Crippen LogP contribution in [0.15, 0.2) is 84.6 Å². The van der Waals surface area contributed by atoms with Crippen molar-refractivity contribution in [1.82, 2.24) is 4.98 Å². The lowest BCUT2D eigenvalue weighted by molar-refractivity contribution is -0.384. The standard InChI is InChI=1S/C25H16N2O5/c28-23-17-9-1-2-10-18(17)24(29)25(30)22(23)21(14-6-5-7-15(12-14)27(31)32)19-13-26-20-11-4-3-8-16(19)20/h1-13,21,26,28H. The van der Waals surface area contributed by atoms with Crippen LogP contribution in [0.3, 0.4) is 0 Å². The maximum Gasteiger partial charge on any atom is 0.269 e. The molecule has 2 N–H and O–H groups in total. The smallest absolute Gasteiger partial charge is 0.269 e. The third-order valence-electron chi connectivity index (χ3n) is 5.77. The summed E-state index contributed by atoms with van der Waals surface area (Å²) >= 11 is 0. The number of aromatic amines is 1. The van der Waals surface area contributed by atoms with Gasteiger partial charge in [0.05, 0.1) is 10.5 Å². The van der Waals surface area contributed by atoms with E-state index in [2.05, 4.69) is 4.98 Å². The number of carbonyl (C=O) groups excluding carboxylic acids is 2. The summed E-state index contributed by atoms with van der Waals surface area (Å²) < 4.78 is 0. The molecule has 7 heteroatoms. The fraction of sp³-hybridized carbons (Fsp3) is 0.0400. The van der Waals surface area contributed by atoms with Crippen molar-refractivity contribution < 1.29 is 19.6 Å². The molecule has 1 heterocycles. The van der Waals surface area contributed by atoms with Gasteiger partial charge in [0.2, 0.25) is 11.6 Å². The molecule has 0 radical (unpaired) electrons. The number of Topliss-reactive ketones (excluding diaryl/α,β-unsaturated/α-hetero) is 2. The molecule has 1 unspecified atom stereocenters. The van der Waals surface area contributed by atoms with Crippen molar-refractivity contribution in [2.45, 2.75) is 5.92 Å². The van der Waals surface area contributed by atoms with Gasteiger partial charge in [-0.25, -0.2) is 0 Å². The molecular weight excluding hydrogens is 408 g/mol. The number of aliphatic hydroxyl groups is 1. The molecule has 0 aliphatic heterocycles. The molecule has 32 heavy (non-hydrogen) atoms. The van der Waals surface area contributed by atoms with Crippen LogP contribution in [-0.4, -0.2) is 26.6 Å². The van der Waals surface area contributed by atoms with Gasteiger partial charge in [-0.05, 0) is 17.2 Å². The van der Waals surface area contributed by atoms with E-state index in [1.54, 1.807) is 30.5 Å². The molecule has 0 saturated carbocycles. The lowest BCUT2D eigenvalue weighted by Crippen LogP contribution is -2.27. The average Bonchev–Trinajstić information content (AvgIpc) is 3.24. The molecule has 1 aliphatic rings. The first-order valence-corrected chi connectivity index (χ1v) is 9.89. The number of non-ortho nitro benzene ring substituents is 1. The number of rotatable bonds is 4. The largest absolute Gasteiger partial charge is 0.507 e. The minimum atomic E-state index is -0.893. The number of nitrogens with one attached hydrogen (secondary N) is 1. The van der Waals surface area contributed by atoms with Crippen molar-refractivity contribution in [1.29, 1.82) is 0 Å². The Bertz CT molecular complexity index is 1460. The molecule has 1 aliphatic carbocycles.